The van der Waals surface area contributed by atoms with Crippen LogP contribution in [-0.2, 0) is 11.2 Å². The topological polar surface area (TPSA) is 78.2 Å². The van der Waals surface area contributed by atoms with Crippen LogP contribution in [0.3, 0.4) is 0 Å². The zero-order chi connectivity index (χ0) is 19.8. The second-order valence-electron chi connectivity index (χ2n) is 6.97. The van der Waals surface area contributed by atoms with Crippen molar-refractivity contribution in [2.24, 2.45) is 5.92 Å². The van der Waals surface area contributed by atoms with Crippen molar-refractivity contribution in [2.45, 2.75) is 26.2 Å². The number of nitrogens with one attached hydrogen (secondary N) is 1. The minimum absolute atomic E-state index is 0.0445. The van der Waals surface area contributed by atoms with Gasteiger partial charge in [-0.15, -0.1) is 0 Å². The number of ether oxygens (including phenoxy) is 1. The fraction of sp³-hybridized carbons (Fsp3) is 0.409. The Bertz CT molecular complexity index is 821. The number of carbonyl (C=O) groups excluding carboxylic acids is 1. The minimum atomic E-state index is 0.0445. The molecule has 146 valence electrons. The largest absolute Gasteiger partial charge is 0.494 e. The van der Waals surface area contributed by atoms with Gasteiger partial charge in [-0.25, -0.2) is 4.98 Å². The highest BCUT2D eigenvalue weighted by atomic mass is 16.5. The normalized spacial score (nSPS) is 14.4. The maximum absolute atomic E-state index is 12.2. The van der Waals surface area contributed by atoms with Gasteiger partial charge in [0.25, 0.3) is 0 Å². The van der Waals surface area contributed by atoms with Crippen molar-refractivity contribution in [3.63, 3.8) is 0 Å². The summed E-state index contributed by atoms with van der Waals surface area (Å²) in [5, 5.41) is 12.3. The summed E-state index contributed by atoms with van der Waals surface area (Å²) in [5.41, 5.74) is 1.60. The summed E-state index contributed by atoms with van der Waals surface area (Å²) in [6.45, 7) is 4.98. The lowest BCUT2D eigenvalue weighted by molar-refractivity contribution is -0.120. The molecular weight excluding hydrogens is 352 g/mol. The number of benzene rings is 1. The Balaban J connectivity index is 1.42. The van der Waals surface area contributed by atoms with Crippen LogP contribution < -0.4 is 15.0 Å². The smallest absolute Gasteiger partial charge is 0.224 e. The molecule has 3 rings (SSSR count). The van der Waals surface area contributed by atoms with Crippen LogP contribution in [0.2, 0.25) is 0 Å². The Labute approximate surface area is 166 Å². The predicted molar refractivity (Wildman–Crippen MR) is 108 cm³/mol. The highest BCUT2D eigenvalue weighted by molar-refractivity contribution is 5.78. The Morgan fingerprint density at radius 1 is 1.29 bits per heavy atom. The average molecular weight is 378 g/mol. The molecule has 1 aromatic heterocycles. The number of piperidine rings is 1. The summed E-state index contributed by atoms with van der Waals surface area (Å²) >= 11 is 0. The van der Waals surface area contributed by atoms with Gasteiger partial charge in [0.1, 0.15) is 17.6 Å². The third-order valence-corrected chi connectivity index (χ3v) is 5.01. The number of rotatable bonds is 7. The zero-order valence-electron chi connectivity index (χ0n) is 16.2. The van der Waals surface area contributed by atoms with E-state index in [0.29, 0.717) is 31.1 Å². The van der Waals surface area contributed by atoms with E-state index in [2.05, 4.69) is 21.3 Å². The molecule has 1 N–H and O–H groups in total. The van der Waals surface area contributed by atoms with E-state index in [1.807, 2.05) is 31.2 Å². The molecule has 0 aliphatic carbocycles. The van der Waals surface area contributed by atoms with Crippen LogP contribution in [0.4, 0.5) is 5.82 Å². The van der Waals surface area contributed by atoms with Crippen molar-refractivity contribution in [2.75, 3.05) is 31.1 Å². The lowest BCUT2D eigenvalue weighted by Gasteiger charge is -2.33. The summed E-state index contributed by atoms with van der Waals surface area (Å²) in [6, 6.07) is 13.5. The standard InChI is InChI=1S/C22H26N4O2/c1-2-28-20-7-5-17(6-8-20)14-21(27)25-16-18-9-12-26(13-10-18)22-19(15-23)4-3-11-24-22/h3-8,11,18H,2,9-10,12-14,16H2,1H3,(H,25,27). The molecule has 1 aliphatic heterocycles. The molecular formula is C22H26N4O2. The number of amides is 1. The van der Waals surface area contributed by atoms with Crippen LogP contribution in [0.25, 0.3) is 0 Å². The first-order chi connectivity index (χ1) is 13.7. The first kappa shape index (κ1) is 19.7. The molecule has 28 heavy (non-hydrogen) atoms. The maximum atomic E-state index is 12.2. The molecule has 0 unspecified atom stereocenters. The molecule has 2 heterocycles. The van der Waals surface area contributed by atoms with Crippen LogP contribution in [0.1, 0.15) is 30.9 Å². The minimum Gasteiger partial charge on any atom is -0.494 e. The molecule has 1 fully saturated rings. The predicted octanol–water partition coefficient (Wildman–Crippen LogP) is 2.93. The Morgan fingerprint density at radius 2 is 2.04 bits per heavy atom. The van der Waals surface area contributed by atoms with E-state index in [1.54, 1.807) is 18.3 Å². The van der Waals surface area contributed by atoms with Crippen molar-refractivity contribution in [3.8, 4) is 11.8 Å². The zero-order valence-corrected chi connectivity index (χ0v) is 16.2. The van der Waals surface area contributed by atoms with E-state index in [1.165, 1.54) is 0 Å². The lowest BCUT2D eigenvalue weighted by atomic mass is 9.96. The Hall–Kier alpha value is -3.07. The third-order valence-electron chi connectivity index (χ3n) is 5.01. The second kappa shape index (κ2) is 9.75. The highest BCUT2D eigenvalue weighted by Gasteiger charge is 2.22. The number of anilines is 1. The van der Waals surface area contributed by atoms with Gasteiger partial charge in [-0.3, -0.25) is 4.79 Å². The van der Waals surface area contributed by atoms with E-state index in [9.17, 15) is 10.1 Å². The van der Waals surface area contributed by atoms with Gasteiger partial charge in [0, 0.05) is 25.8 Å². The summed E-state index contributed by atoms with van der Waals surface area (Å²) in [4.78, 5) is 18.8. The SMILES string of the molecule is CCOc1ccc(CC(=O)NCC2CCN(c3ncccc3C#N)CC2)cc1. The van der Waals surface area contributed by atoms with E-state index in [4.69, 9.17) is 4.74 Å². The maximum Gasteiger partial charge on any atom is 0.224 e. The molecule has 0 bridgehead atoms. The van der Waals surface area contributed by atoms with E-state index >= 15 is 0 Å². The molecule has 0 saturated carbocycles. The van der Waals surface area contributed by atoms with Gasteiger partial charge in [-0.05, 0) is 55.5 Å². The van der Waals surface area contributed by atoms with Gasteiger partial charge in [0.15, 0.2) is 0 Å². The highest BCUT2D eigenvalue weighted by Crippen LogP contribution is 2.23. The fourth-order valence-electron chi connectivity index (χ4n) is 3.46. The van der Waals surface area contributed by atoms with Crippen LogP contribution in [0.5, 0.6) is 5.75 Å². The van der Waals surface area contributed by atoms with Gasteiger partial charge in [-0.1, -0.05) is 12.1 Å². The molecule has 1 saturated heterocycles. The van der Waals surface area contributed by atoms with Crippen molar-refractivity contribution in [1.82, 2.24) is 10.3 Å². The molecule has 1 amide bonds. The first-order valence-electron chi connectivity index (χ1n) is 9.78. The molecule has 0 atom stereocenters. The Kier molecular flexibility index (Phi) is 6.85. The average Bonchev–Trinajstić information content (AvgIpc) is 2.74. The lowest BCUT2D eigenvalue weighted by Crippen LogP contribution is -2.39. The van der Waals surface area contributed by atoms with Gasteiger partial charge >= 0.3 is 0 Å². The molecule has 0 spiro atoms. The summed E-state index contributed by atoms with van der Waals surface area (Å²) in [5.74, 6) is 2.09. The van der Waals surface area contributed by atoms with Crippen LogP contribution in [0.15, 0.2) is 42.6 Å². The monoisotopic (exact) mass is 378 g/mol. The molecule has 1 aliphatic rings. The number of aromatic nitrogens is 1. The summed E-state index contributed by atoms with van der Waals surface area (Å²) in [6.07, 6.45) is 4.06. The number of pyridine rings is 1. The number of hydrogen-bond donors (Lipinski definition) is 1. The number of nitrogens with zero attached hydrogens (tertiary/aromatic N) is 3. The van der Waals surface area contributed by atoms with Crippen LogP contribution >= 0.6 is 0 Å². The van der Waals surface area contributed by atoms with Gasteiger partial charge in [0.05, 0.1) is 18.6 Å². The number of nitriles is 1. The molecule has 6 heteroatoms. The second-order valence-corrected chi connectivity index (χ2v) is 6.97. The molecule has 0 radical (unpaired) electrons. The first-order valence-corrected chi connectivity index (χ1v) is 9.78. The molecule has 2 aromatic rings. The molecule has 6 nitrogen and oxygen atoms in total. The van der Waals surface area contributed by atoms with Crippen molar-refractivity contribution in [1.29, 1.82) is 5.26 Å². The van der Waals surface area contributed by atoms with Gasteiger partial charge < -0.3 is 15.0 Å². The van der Waals surface area contributed by atoms with E-state index in [0.717, 1.165) is 43.1 Å². The van der Waals surface area contributed by atoms with Crippen LogP contribution in [0, 0.1) is 17.2 Å². The van der Waals surface area contributed by atoms with Crippen molar-refractivity contribution < 1.29 is 9.53 Å². The van der Waals surface area contributed by atoms with Gasteiger partial charge in [-0.2, -0.15) is 5.26 Å². The van der Waals surface area contributed by atoms with Crippen molar-refractivity contribution in [3.05, 3.63) is 53.7 Å². The van der Waals surface area contributed by atoms with Crippen LogP contribution in [-0.4, -0.2) is 37.1 Å². The Morgan fingerprint density at radius 3 is 2.71 bits per heavy atom. The fourth-order valence-corrected chi connectivity index (χ4v) is 3.46. The van der Waals surface area contributed by atoms with E-state index < -0.39 is 0 Å². The van der Waals surface area contributed by atoms with Crippen molar-refractivity contribution >= 4 is 11.7 Å². The number of hydrogen-bond acceptors (Lipinski definition) is 5. The van der Waals surface area contributed by atoms with E-state index in [-0.39, 0.29) is 5.91 Å². The third kappa shape index (κ3) is 5.23. The summed E-state index contributed by atoms with van der Waals surface area (Å²) in [7, 11) is 0. The number of carbonyl (C=O) groups is 1. The molecule has 1 aromatic carbocycles. The summed E-state index contributed by atoms with van der Waals surface area (Å²) < 4.78 is 5.42. The van der Waals surface area contributed by atoms with Gasteiger partial charge in [0.2, 0.25) is 5.91 Å². The quantitative estimate of drug-likeness (QED) is 0.801.